The fourth-order valence-electron chi connectivity index (χ4n) is 2.75. The van der Waals surface area contributed by atoms with E-state index in [4.69, 9.17) is 4.74 Å². The average Bonchev–Trinajstić information content (AvgIpc) is 2.99. The van der Waals surface area contributed by atoms with Crippen LogP contribution in [0.3, 0.4) is 0 Å². The van der Waals surface area contributed by atoms with E-state index in [2.05, 4.69) is 10.3 Å². The summed E-state index contributed by atoms with van der Waals surface area (Å²) in [5.74, 6) is -1.17. The lowest BCUT2D eigenvalue weighted by Gasteiger charge is -2.35. The van der Waals surface area contributed by atoms with Gasteiger partial charge in [-0.1, -0.05) is 0 Å². The van der Waals surface area contributed by atoms with E-state index in [0.717, 1.165) is 18.0 Å². The van der Waals surface area contributed by atoms with Crippen LogP contribution in [0.1, 0.15) is 11.9 Å². The zero-order valence-electron chi connectivity index (χ0n) is 13.6. The molecule has 6 nitrogen and oxygen atoms in total. The predicted octanol–water partition coefficient (Wildman–Crippen LogP) is 1.67. The molecule has 2 heterocycles. The third-order valence-electron chi connectivity index (χ3n) is 3.97. The minimum absolute atomic E-state index is 0. The van der Waals surface area contributed by atoms with Crippen molar-refractivity contribution in [2.45, 2.75) is 6.04 Å². The Bertz CT molecular complexity index is 741. The van der Waals surface area contributed by atoms with Crippen molar-refractivity contribution >= 4 is 18.3 Å². The molecule has 25 heavy (non-hydrogen) atoms. The number of benzene rings is 1. The third-order valence-corrected chi connectivity index (χ3v) is 3.97. The van der Waals surface area contributed by atoms with E-state index in [0.29, 0.717) is 19.6 Å². The number of nitrogens with zero attached hydrogens (tertiary/aromatic N) is 3. The van der Waals surface area contributed by atoms with E-state index in [9.17, 15) is 13.6 Å². The number of amides is 1. The highest BCUT2D eigenvalue weighted by Crippen LogP contribution is 2.22. The van der Waals surface area contributed by atoms with Gasteiger partial charge in [0, 0.05) is 45.1 Å². The SMILES string of the molecule is Cl.Cn1ccnc1C1CNCCN1C(=O)COc1ccc(F)cc1F. The van der Waals surface area contributed by atoms with Gasteiger partial charge in [-0.25, -0.2) is 13.8 Å². The molecule has 0 bridgehead atoms. The number of hydrogen-bond donors (Lipinski definition) is 1. The number of carbonyl (C=O) groups excluding carboxylic acids is 1. The van der Waals surface area contributed by atoms with Crippen molar-refractivity contribution in [2.24, 2.45) is 7.05 Å². The number of nitrogens with one attached hydrogen (secondary N) is 1. The van der Waals surface area contributed by atoms with E-state index >= 15 is 0 Å². The first-order chi connectivity index (χ1) is 11.6. The molecule has 9 heteroatoms. The molecule has 1 unspecified atom stereocenters. The van der Waals surface area contributed by atoms with Gasteiger partial charge < -0.3 is 19.5 Å². The molecule has 1 aromatic heterocycles. The minimum atomic E-state index is -0.830. The molecule has 1 N–H and O–H groups in total. The van der Waals surface area contributed by atoms with Crippen LogP contribution in [-0.4, -0.2) is 46.6 Å². The lowest BCUT2D eigenvalue weighted by Crippen LogP contribution is -2.50. The zero-order chi connectivity index (χ0) is 17.1. The molecule has 0 spiro atoms. The Hall–Kier alpha value is -2.19. The van der Waals surface area contributed by atoms with Crippen molar-refractivity contribution < 1.29 is 18.3 Å². The molecule has 3 rings (SSSR count). The first-order valence-corrected chi connectivity index (χ1v) is 7.61. The molecule has 1 atom stereocenters. The summed E-state index contributed by atoms with van der Waals surface area (Å²) < 4.78 is 33.6. The highest BCUT2D eigenvalue weighted by Gasteiger charge is 2.30. The number of aryl methyl sites for hydroxylation is 1. The number of halogens is 3. The van der Waals surface area contributed by atoms with Gasteiger partial charge in [-0.2, -0.15) is 0 Å². The average molecular weight is 373 g/mol. The molecule has 1 aliphatic heterocycles. The van der Waals surface area contributed by atoms with E-state index in [1.807, 2.05) is 17.8 Å². The van der Waals surface area contributed by atoms with Gasteiger partial charge in [-0.3, -0.25) is 4.79 Å². The molecule has 1 amide bonds. The van der Waals surface area contributed by atoms with Crippen LogP contribution >= 0.6 is 12.4 Å². The summed E-state index contributed by atoms with van der Waals surface area (Å²) in [4.78, 5) is 18.5. The molecule has 1 aliphatic rings. The maximum Gasteiger partial charge on any atom is 0.261 e. The highest BCUT2D eigenvalue weighted by molar-refractivity contribution is 5.85. The molecule has 1 aromatic carbocycles. The van der Waals surface area contributed by atoms with Crippen LogP contribution in [0.5, 0.6) is 5.75 Å². The number of ether oxygens (including phenoxy) is 1. The van der Waals surface area contributed by atoms with Gasteiger partial charge in [0.1, 0.15) is 17.7 Å². The largest absolute Gasteiger partial charge is 0.481 e. The van der Waals surface area contributed by atoms with Crippen LogP contribution in [0.15, 0.2) is 30.6 Å². The number of piperazine rings is 1. The normalized spacial score (nSPS) is 17.1. The highest BCUT2D eigenvalue weighted by atomic mass is 35.5. The Kier molecular flexibility index (Phi) is 6.33. The van der Waals surface area contributed by atoms with E-state index in [1.54, 1.807) is 11.1 Å². The lowest BCUT2D eigenvalue weighted by molar-refractivity contribution is -0.137. The van der Waals surface area contributed by atoms with Crippen LogP contribution in [0.4, 0.5) is 8.78 Å². The Labute approximate surface area is 150 Å². The third kappa shape index (κ3) is 4.26. The summed E-state index contributed by atoms with van der Waals surface area (Å²) in [7, 11) is 1.87. The van der Waals surface area contributed by atoms with Crippen molar-refractivity contribution in [2.75, 3.05) is 26.2 Å². The quantitative estimate of drug-likeness (QED) is 0.887. The van der Waals surface area contributed by atoms with Crippen molar-refractivity contribution in [1.82, 2.24) is 19.8 Å². The Morgan fingerprint density at radius 3 is 2.92 bits per heavy atom. The van der Waals surface area contributed by atoms with Crippen molar-refractivity contribution in [3.05, 3.63) is 48.1 Å². The lowest BCUT2D eigenvalue weighted by atomic mass is 10.1. The maximum atomic E-state index is 13.6. The van der Waals surface area contributed by atoms with Gasteiger partial charge >= 0.3 is 0 Å². The second-order valence-electron chi connectivity index (χ2n) is 5.57. The molecule has 0 aliphatic carbocycles. The summed E-state index contributed by atoms with van der Waals surface area (Å²) in [6.07, 6.45) is 3.49. The summed E-state index contributed by atoms with van der Waals surface area (Å²) in [6, 6.07) is 2.77. The Balaban J connectivity index is 0.00000225. The van der Waals surface area contributed by atoms with Gasteiger partial charge in [-0.15, -0.1) is 12.4 Å². The summed E-state index contributed by atoms with van der Waals surface area (Å²) in [6.45, 7) is 1.44. The van der Waals surface area contributed by atoms with Crippen molar-refractivity contribution in [3.8, 4) is 5.75 Å². The summed E-state index contributed by atoms with van der Waals surface area (Å²) in [5, 5.41) is 3.23. The zero-order valence-corrected chi connectivity index (χ0v) is 14.4. The molecule has 136 valence electrons. The fourth-order valence-corrected chi connectivity index (χ4v) is 2.75. The number of aromatic nitrogens is 2. The first kappa shape index (κ1) is 19.1. The molecule has 1 fully saturated rings. The second-order valence-corrected chi connectivity index (χ2v) is 5.57. The van der Waals surface area contributed by atoms with Crippen LogP contribution in [-0.2, 0) is 11.8 Å². The predicted molar refractivity (Wildman–Crippen MR) is 89.6 cm³/mol. The van der Waals surface area contributed by atoms with E-state index in [-0.39, 0.29) is 36.7 Å². The molecule has 0 saturated carbocycles. The van der Waals surface area contributed by atoms with Crippen LogP contribution in [0.2, 0.25) is 0 Å². The van der Waals surface area contributed by atoms with E-state index in [1.165, 1.54) is 6.07 Å². The summed E-state index contributed by atoms with van der Waals surface area (Å²) in [5.41, 5.74) is 0. The van der Waals surface area contributed by atoms with Crippen LogP contribution in [0, 0.1) is 11.6 Å². The van der Waals surface area contributed by atoms with E-state index < -0.39 is 11.6 Å². The second kappa shape index (κ2) is 8.26. The van der Waals surface area contributed by atoms with Gasteiger partial charge in [0.2, 0.25) is 0 Å². The van der Waals surface area contributed by atoms with Gasteiger partial charge in [0.25, 0.3) is 5.91 Å². The smallest absolute Gasteiger partial charge is 0.261 e. The maximum absolute atomic E-state index is 13.6. The topological polar surface area (TPSA) is 59.4 Å². The monoisotopic (exact) mass is 372 g/mol. The standard InChI is InChI=1S/C16H18F2N4O2.ClH/c1-21-6-5-20-16(21)13-9-19-4-7-22(13)15(23)10-24-14-3-2-11(17)8-12(14)18;/h2-3,5-6,8,13,19H,4,7,9-10H2,1H3;1H. The number of carbonyl (C=O) groups is 1. The van der Waals surface area contributed by atoms with Crippen LogP contribution < -0.4 is 10.1 Å². The number of rotatable bonds is 4. The van der Waals surface area contributed by atoms with Crippen LogP contribution in [0.25, 0.3) is 0 Å². The molecular weight excluding hydrogens is 354 g/mol. The number of imidazole rings is 1. The van der Waals surface area contributed by atoms with Crippen molar-refractivity contribution in [3.63, 3.8) is 0 Å². The van der Waals surface area contributed by atoms with Gasteiger partial charge in [0.05, 0.1) is 0 Å². The Morgan fingerprint density at radius 2 is 2.24 bits per heavy atom. The molecule has 1 saturated heterocycles. The molecule has 0 radical (unpaired) electrons. The first-order valence-electron chi connectivity index (χ1n) is 7.61. The molecular formula is C16H19ClF2N4O2. The molecule has 2 aromatic rings. The van der Waals surface area contributed by atoms with Gasteiger partial charge in [-0.05, 0) is 12.1 Å². The van der Waals surface area contributed by atoms with Gasteiger partial charge in [0.15, 0.2) is 18.2 Å². The summed E-state index contributed by atoms with van der Waals surface area (Å²) >= 11 is 0. The minimum Gasteiger partial charge on any atom is -0.481 e. The van der Waals surface area contributed by atoms with Crippen molar-refractivity contribution in [1.29, 1.82) is 0 Å². The Morgan fingerprint density at radius 1 is 1.44 bits per heavy atom. The fraction of sp³-hybridized carbons (Fsp3) is 0.375. The number of hydrogen-bond acceptors (Lipinski definition) is 4.